The summed E-state index contributed by atoms with van der Waals surface area (Å²) in [4.78, 5) is 0. The summed E-state index contributed by atoms with van der Waals surface area (Å²) in [7, 11) is 0. The third-order valence-corrected chi connectivity index (χ3v) is 19.4. The summed E-state index contributed by atoms with van der Waals surface area (Å²) >= 11 is 0. The minimum atomic E-state index is -0.475. The Hall–Kier alpha value is -5.26. The SMILES string of the molecule is CC1=CCC(C)CC1.CC1=CCC(C)CC1.CC1C=CC(C)CC1.CC1CCC(C)CC1.CC1CCC(C)OC1.CC1CCC(C)OC1.CC1COC(C)OC1.Cc1cc(F)c(C)c(F)c1.Cc1cc(F)c(C)c(F)c1.Cc1ccc(C)c(F)c1.Cc1ccc(C)c(F)c1.Cc1ccc(C)cc1. The van der Waals surface area contributed by atoms with Crippen molar-refractivity contribution in [2.24, 2.45) is 53.3 Å². The first-order valence-corrected chi connectivity index (χ1v) is 38.7. The second-order valence-corrected chi connectivity index (χ2v) is 31.5. The third kappa shape index (κ3) is 47.2. The van der Waals surface area contributed by atoms with Gasteiger partial charge in [0.2, 0.25) is 0 Å². The molecule has 0 N–H and O–H groups in total. The normalized spacial score (nSPS) is 24.5. The van der Waals surface area contributed by atoms with Crippen LogP contribution in [-0.4, -0.2) is 44.9 Å². The monoisotopic (exact) mass is 1430 g/mol. The molecule has 4 aliphatic carbocycles. The van der Waals surface area contributed by atoms with Gasteiger partial charge >= 0.3 is 0 Å². The molecular formula is C92H142F6O4. The number of aryl methyl sites for hydroxylation is 8. The van der Waals surface area contributed by atoms with E-state index in [1.165, 1.54) is 164 Å². The van der Waals surface area contributed by atoms with E-state index in [0.717, 1.165) is 84.9 Å². The summed E-state index contributed by atoms with van der Waals surface area (Å²) in [5.41, 5.74) is 10.6. The van der Waals surface area contributed by atoms with Crippen LogP contribution in [0.5, 0.6) is 0 Å². The summed E-state index contributed by atoms with van der Waals surface area (Å²) in [6.45, 7) is 52.5. The number of ether oxygens (including phenoxy) is 4. The molecule has 1 saturated carbocycles. The lowest BCUT2D eigenvalue weighted by Gasteiger charge is -2.24. The van der Waals surface area contributed by atoms with Gasteiger partial charge in [0.05, 0.1) is 25.4 Å². The number of rotatable bonds is 0. The fraction of sp³-hybridized carbons (Fsp3) is 0.609. The van der Waals surface area contributed by atoms with Gasteiger partial charge in [0.25, 0.3) is 0 Å². The van der Waals surface area contributed by atoms with E-state index in [1.807, 2.05) is 32.9 Å². The van der Waals surface area contributed by atoms with Crippen LogP contribution in [0.2, 0.25) is 0 Å². The molecule has 7 aliphatic rings. The number of halogens is 6. The molecule has 0 spiro atoms. The zero-order valence-electron chi connectivity index (χ0n) is 68.4. The quantitative estimate of drug-likeness (QED) is 0.114. The molecule has 0 aromatic heterocycles. The molecule has 5 aromatic carbocycles. The smallest absolute Gasteiger partial charge is 0.154 e. The number of allylic oxidation sites excluding steroid dienone is 6. The number of hydrogen-bond donors (Lipinski definition) is 0. The van der Waals surface area contributed by atoms with Crippen LogP contribution >= 0.6 is 0 Å². The van der Waals surface area contributed by atoms with Crippen LogP contribution in [0.25, 0.3) is 0 Å². The molecule has 3 heterocycles. The zero-order valence-corrected chi connectivity index (χ0v) is 68.4. The average Bonchev–Trinajstić information content (AvgIpc) is 0.873. The molecule has 4 fully saturated rings. The molecule has 0 bridgehead atoms. The van der Waals surface area contributed by atoms with E-state index < -0.39 is 23.3 Å². The Morgan fingerprint density at radius 1 is 0.275 bits per heavy atom. The Morgan fingerprint density at radius 2 is 0.559 bits per heavy atom. The van der Waals surface area contributed by atoms with Crippen LogP contribution in [-0.2, 0) is 18.9 Å². The minimum absolute atomic E-state index is 0.0196. The second kappa shape index (κ2) is 53.5. The van der Waals surface area contributed by atoms with E-state index in [4.69, 9.17) is 18.9 Å². The second-order valence-electron chi connectivity index (χ2n) is 31.5. The van der Waals surface area contributed by atoms with Crippen LogP contribution in [0, 0.1) is 157 Å². The van der Waals surface area contributed by atoms with Gasteiger partial charge in [0, 0.05) is 30.3 Å². The van der Waals surface area contributed by atoms with Crippen molar-refractivity contribution in [3.8, 4) is 0 Å². The Kier molecular flexibility index (Phi) is 49.7. The molecule has 3 saturated heterocycles. The lowest BCUT2D eigenvalue weighted by atomic mass is 9.84. The third-order valence-electron chi connectivity index (χ3n) is 19.4. The van der Waals surface area contributed by atoms with Gasteiger partial charge in [-0.15, -0.1) is 0 Å². The predicted molar refractivity (Wildman–Crippen MR) is 425 cm³/mol. The Balaban J connectivity index is 0.000000557. The number of benzene rings is 5. The van der Waals surface area contributed by atoms with Gasteiger partial charge in [-0.3, -0.25) is 0 Å². The standard InChI is InChI=1S/2C8H8F2.2C8H9F.C8H16.3C8H14.C8H10.2C7H14O.C6H12O2/c2*1-5-3-7(9)6(2)8(10)4-5;2*1-6-3-4-7(2)8(9)5-6;5*1-7-3-5-8(2)6-4-7;2*1-6-3-4-7(2)8-5-6;1-5-3-7-6(2)8-4-5/h2*3-4H,1-2H3;2*3-5H,1-2H3;7-8H,3-6H2,1-2H3;2*3,8H,4-6H2,1-2H3;3,5,7-8H,4,6H2,1-2H3;3-6H,1-2H3;2*6-7H,3-5H2,1-2H3;5-6H,3-4H2,1-2H3. The maximum Gasteiger partial charge on any atom is 0.154 e. The summed E-state index contributed by atoms with van der Waals surface area (Å²) < 4.78 is 96.7. The Labute approximate surface area is 620 Å². The fourth-order valence-electron chi connectivity index (χ4n) is 11.0. The van der Waals surface area contributed by atoms with E-state index in [-0.39, 0.29) is 29.1 Å². The van der Waals surface area contributed by atoms with E-state index in [1.54, 1.807) is 51.0 Å². The van der Waals surface area contributed by atoms with Crippen molar-refractivity contribution in [2.45, 2.75) is 287 Å². The van der Waals surface area contributed by atoms with Crippen molar-refractivity contribution >= 4 is 0 Å². The molecule has 8 unspecified atom stereocenters. The molecule has 10 heteroatoms. The molecule has 576 valence electrons. The van der Waals surface area contributed by atoms with Gasteiger partial charge in [-0.1, -0.05) is 183 Å². The van der Waals surface area contributed by atoms with Crippen molar-refractivity contribution in [1.82, 2.24) is 0 Å². The van der Waals surface area contributed by atoms with Crippen LogP contribution in [0.1, 0.15) is 255 Å². The Morgan fingerprint density at radius 3 is 0.784 bits per heavy atom. The highest BCUT2D eigenvalue weighted by Crippen LogP contribution is 2.28. The Bertz CT molecular complexity index is 2770. The van der Waals surface area contributed by atoms with E-state index in [0.29, 0.717) is 40.4 Å². The molecule has 3 aliphatic heterocycles. The lowest BCUT2D eigenvalue weighted by molar-refractivity contribution is -0.187. The highest BCUT2D eigenvalue weighted by molar-refractivity contribution is 5.26. The molecule has 5 aromatic rings. The molecule has 4 nitrogen and oxygen atoms in total. The largest absolute Gasteiger partial charge is 0.378 e. The van der Waals surface area contributed by atoms with Crippen LogP contribution in [0.15, 0.2) is 120 Å². The van der Waals surface area contributed by atoms with E-state index in [2.05, 4.69) is 152 Å². The molecule has 12 rings (SSSR count). The molecular weight excluding hydrogens is 1280 g/mol. The maximum atomic E-state index is 12.6. The lowest BCUT2D eigenvalue weighted by Crippen LogP contribution is -2.27. The maximum absolute atomic E-state index is 12.6. The van der Waals surface area contributed by atoms with Crippen LogP contribution < -0.4 is 0 Å². The van der Waals surface area contributed by atoms with Crippen molar-refractivity contribution in [3.63, 3.8) is 0 Å². The average molecular weight is 1430 g/mol. The van der Waals surface area contributed by atoms with Crippen molar-refractivity contribution < 1.29 is 45.3 Å². The van der Waals surface area contributed by atoms with E-state index in [9.17, 15) is 26.3 Å². The fourth-order valence-corrected chi connectivity index (χ4v) is 11.0. The number of hydrogen-bond acceptors (Lipinski definition) is 4. The predicted octanol–water partition coefficient (Wildman–Crippen LogP) is 28.0. The first-order valence-electron chi connectivity index (χ1n) is 38.7. The zero-order chi connectivity index (χ0) is 77.0. The van der Waals surface area contributed by atoms with Crippen LogP contribution in [0.3, 0.4) is 0 Å². The van der Waals surface area contributed by atoms with Crippen molar-refractivity contribution in [3.05, 3.63) is 211 Å². The first kappa shape index (κ1) is 94.8. The summed E-state index contributed by atoms with van der Waals surface area (Å²) in [5.74, 6) is 5.64. The summed E-state index contributed by atoms with van der Waals surface area (Å²) in [6, 6.07) is 24.2. The topological polar surface area (TPSA) is 36.9 Å². The van der Waals surface area contributed by atoms with Gasteiger partial charge in [-0.2, -0.15) is 0 Å². The van der Waals surface area contributed by atoms with Gasteiger partial charge in [0.1, 0.15) is 34.9 Å². The van der Waals surface area contributed by atoms with Crippen LogP contribution in [0.4, 0.5) is 26.3 Å². The van der Waals surface area contributed by atoms with Gasteiger partial charge < -0.3 is 18.9 Å². The molecule has 102 heavy (non-hydrogen) atoms. The van der Waals surface area contributed by atoms with Gasteiger partial charge in [-0.05, 0) is 298 Å². The minimum Gasteiger partial charge on any atom is -0.378 e. The molecule has 0 radical (unpaired) electrons. The first-order chi connectivity index (χ1) is 47.9. The summed E-state index contributed by atoms with van der Waals surface area (Å²) in [6.07, 6.45) is 32.4. The van der Waals surface area contributed by atoms with Gasteiger partial charge in [0.15, 0.2) is 6.29 Å². The van der Waals surface area contributed by atoms with Crippen molar-refractivity contribution in [2.75, 3.05) is 26.4 Å². The summed E-state index contributed by atoms with van der Waals surface area (Å²) in [5, 5.41) is 0. The highest BCUT2D eigenvalue weighted by atomic mass is 19.2. The highest BCUT2D eigenvalue weighted by Gasteiger charge is 2.17. The van der Waals surface area contributed by atoms with Gasteiger partial charge in [-0.25, -0.2) is 26.3 Å². The van der Waals surface area contributed by atoms with E-state index >= 15 is 0 Å². The van der Waals surface area contributed by atoms with Crippen molar-refractivity contribution in [1.29, 1.82) is 0 Å². The molecule has 8 atom stereocenters. The molecule has 0 amide bonds.